The maximum Gasteiger partial charge on any atom is 0.175 e. The van der Waals surface area contributed by atoms with Crippen LogP contribution in [-0.4, -0.2) is 30.5 Å². The van der Waals surface area contributed by atoms with Gasteiger partial charge in [0.25, 0.3) is 0 Å². The summed E-state index contributed by atoms with van der Waals surface area (Å²) in [6.45, 7) is 2.56. The largest absolute Gasteiger partial charge is 0.486 e. The number of halogens is 1. The van der Waals surface area contributed by atoms with Crippen molar-refractivity contribution in [2.45, 2.75) is 37.8 Å². The van der Waals surface area contributed by atoms with E-state index in [1.54, 1.807) is 0 Å². The Morgan fingerprint density at radius 2 is 1.95 bits per heavy atom. The normalized spacial score (nSPS) is 20.1. The molecule has 1 aromatic rings. The molecular formula is C15H20BrNO3. The first kappa shape index (κ1) is 14.2. The van der Waals surface area contributed by atoms with Crippen molar-refractivity contribution in [2.75, 3.05) is 19.8 Å². The number of ether oxygens (including phenoxy) is 2. The van der Waals surface area contributed by atoms with E-state index < -0.39 is 5.60 Å². The summed E-state index contributed by atoms with van der Waals surface area (Å²) in [5, 5.41) is 13.7. The topological polar surface area (TPSA) is 50.7 Å². The zero-order chi connectivity index (χ0) is 14.0. The molecule has 0 aromatic heterocycles. The van der Waals surface area contributed by atoms with E-state index in [1.165, 1.54) is 0 Å². The summed E-state index contributed by atoms with van der Waals surface area (Å²) in [5.74, 6) is 1.58. The summed E-state index contributed by atoms with van der Waals surface area (Å²) in [6, 6.07) is 4.05. The van der Waals surface area contributed by atoms with E-state index in [9.17, 15) is 5.11 Å². The molecule has 5 heteroatoms. The fourth-order valence-corrected chi connectivity index (χ4v) is 3.52. The van der Waals surface area contributed by atoms with Gasteiger partial charge in [0.1, 0.15) is 13.2 Å². The third-order valence-corrected chi connectivity index (χ3v) is 4.56. The van der Waals surface area contributed by atoms with Crippen LogP contribution >= 0.6 is 15.9 Å². The zero-order valence-electron chi connectivity index (χ0n) is 11.5. The van der Waals surface area contributed by atoms with E-state index >= 15 is 0 Å². The first-order valence-electron chi connectivity index (χ1n) is 7.17. The molecule has 0 spiro atoms. The minimum atomic E-state index is -0.509. The summed E-state index contributed by atoms with van der Waals surface area (Å²) in [7, 11) is 0. The standard InChI is InChI=1S/C15H20BrNO3/c16-12-7-11(8-13-14(12)20-6-5-19-13)9-17-10-15(18)3-1-2-4-15/h7-8,17-18H,1-6,9-10H2. The van der Waals surface area contributed by atoms with Crippen LogP contribution in [0.1, 0.15) is 31.2 Å². The van der Waals surface area contributed by atoms with Gasteiger partial charge in [0.15, 0.2) is 11.5 Å². The van der Waals surface area contributed by atoms with Gasteiger partial charge in [0, 0.05) is 13.1 Å². The third-order valence-electron chi connectivity index (χ3n) is 3.97. The van der Waals surface area contributed by atoms with Crippen LogP contribution in [0.5, 0.6) is 11.5 Å². The van der Waals surface area contributed by atoms with Gasteiger partial charge in [-0.25, -0.2) is 0 Å². The number of rotatable bonds is 4. The molecule has 1 aromatic carbocycles. The Hall–Kier alpha value is -0.780. The van der Waals surface area contributed by atoms with E-state index in [2.05, 4.69) is 21.2 Å². The quantitative estimate of drug-likeness (QED) is 0.883. The number of aliphatic hydroxyl groups is 1. The number of nitrogens with one attached hydrogen (secondary N) is 1. The van der Waals surface area contributed by atoms with Crippen molar-refractivity contribution in [3.05, 3.63) is 22.2 Å². The summed E-state index contributed by atoms with van der Waals surface area (Å²) >= 11 is 3.52. The predicted octanol–water partition coefficient (Wildman–Crippen LogP) is 2.62. The van der Waals surface area contributed by atoms with E-state index in [0.717, 1.165) is 53.8 Å². The van der Waals surface area contributed by atoms with Crippen molar-refractivity contribution in [1.29, 1.82) is 0 Å². The van der Waals surface area contributed by atoms with Gasteiger partial charge >= 0.3 is 0 Å². The Morgan fingerprint density at radius 3 is 2.75 bits per heavy atom. The molecule has 1 fully saturated rings. The van der Waals surface area contributed by atoms with Crippen LogP contribution < -0.4 is 14.8 Å². The lowest BCUT2D eigenvalue weighted by Crippen LogP contribution is -2.37. The molecule has 1 aliphatic carbocycles. The van der Waals surface area contributed by atoms with Crippen LogP contribution in [0.3, 0.4) is 0 Å². The molecule has 20 heavy (non-hydrogen) atoms. The average molecular weight is 342 g/mol. The Balaban J connectivity index is 1.61. The first-order chi connectivity index (χ1) is 9.66. The van der Waals surface area contributed by atoms with Crippen molar-refractivity contribution >= 4 is 15.9 Å². The molecule has 0 unspecified atom stereocenters. The molecule has 2 aliphatic rings. The van der Waals surface area contributed by atoms with E-state index in [0.29, 0.717) is 19.8 Å². The van der Waals surface area contributed by atoms with Crippen molar-refractivity contribution in [3.63, 3.8) is 0 Å². The summed E-state index contributed by atoms with van der Waals surface area (Å²) in [6.07, 6.45) is 4.08. The molecule has 110 valence electrons. The van der Waals surface area contributed by atoms with Crippen LogP contribution in [-0.2, 0) is 6.54 Å². The lowest BCUT2D eigenvalue weighted by atomic mass is 10.0. The number of hydrogen-bond acceptors (Lipinski definition) is 4. The Bertz CT molecular complexity index is 486. The van der Waals surface area contributed by atoms with Gasteiger partial charge in [0.05, 0.1) is 10.1 Å². The molecule has 2 N–H and O–H groups in total. The number of benzene rings is 1. The van der Waals surface area contributed by atoms with Crippen molar-refractivity contribution < 1.29 is 14.6 Å². The van der Waals surface area contributed by atoms with Gasteiger partial charge < -0.3 is 19.9 Å². The average Bonchev–Trinajstić information content (AvgIpc) is 2.86. The molecule has 0 atom stereocenters. The second kappa shape index (κ2) is 5.92. The molecular weight excluding hydrogens is 322 g/mol. The highest BCUT2D eigenvalue weighted by Gasteiger charge is 2.30. The highest BCUT2D eigenvalue weighted by Crippen LogP contribution is 2.38. The first-order valence-corrected chi connectivity index (χ1v) is 7.97. The molecule has 0 radical (unpaired) electrons. The minimum absolute atomic E-state index is 0.509. The van der Waals surface area contributed by atoms with Crippen molar-refractivity contribution in [1.82, 2.24) is 5.32 Å². The fraction of sp³-hybridized carbons (Fsp3) is 0.600. The van der Waals surface area contributed by atoms with E-state index in [-0.39, 0.29) is 0 Å². The minimum Gasteiger partial charge on any atom is -0.486 e. The molecule has 0 bridgehead atoms. The van der Waals surface area contributed by atoms with Gasteiger partial charge in [-0.05, 0) is 46.5 Å². The van der Waals surface area contributed by atoms with Crippen LogP contribution in [0.2, 0.25) is 0 Å². The number of fused-ring (bicyclic) bond motifs is 1. The SMILES string of the molecule is OC1(CNCc2cc(Br)c3c(c2)OCCO3)CCCC1. The maximum atomic E-state index is 10.3. The highest BCUT2D eigenvalue weighted by molar-refractivity contribution is 9.10. The van der Waals surface area contributed by atoms with Gasteiger partial charge in [-0.3, -0.25) is 0 Å². The monoisotopic (exact) mass is 341 g/mol. The Kier molecular flexibility index (Phi) is 4.19. The smallest absolute Gasteiger partial charge is 0.175 e. The van der Waals surface area contributed by atoms with E-state index in [4.69, 9.17) is 9.47 Å². The lowest BCUT2D eigenvalue weighted by Gasteiger charge is -2.23. The summed E-state index contributed by atoms with van der Waals surface area (Å²) < 4.78 is 12.1. The van der Waals surface area contributed by atoms with Crippen LogP contribution in [0.4, 0.5) is 0 Å². The second-order valence-corrected chi connectivity index (χ2v) is 6.49. The summed E-state index contributed by atoms with van der Waals surface area (Å²) in [5.41, 5.74) is 0.619. The summed E-state index contributed by atoms with van der Waals surface area (Å²) in [4.78, 5) is 0. The lowest BCUT2D eigenvalue weighted by molar-refractivity contribution is 0.0475. The Morgan fingerprint density at radius 1 is 1.20 bits per heavy atom. The van der Waals surface area contributed by atoms with Crippen LogP contribution in [0.25, 0.3) is 0 Å². The maximum absolute atomic E-state index is 10.3. The Labute approximate surface area is 127 Å². The fourth-order valence-electron chi connectivity index (χ4n) is 2.92. The van der Waals surface area contributed by atoms with Gasteiger partial charge in [0.2, 0.25) is 0 Å². The van der Waals surface area contributed by atoms with E-state index in [1.807, 2.05) is 12.1 Å². The second-order valence-electron chi connectivity index (χ2n) is 5.64. The zero-order valence-corrected chi connectivity index (χ0v) is 13.0. The third kappa shape index (κ3) is 3.10. The van der Waals surface area contributed by atoms with Crippen LogP contribution in [0.15, 0.2) is 16.6 Å². The van der Waals surface area contributed by atoms with Gasteiger partial charge in [-0.2, -0.15) is 0 Å². The number of hydrogen-bond donors (Lipinski definition) is 2. The van der Waals surface area contributed by atoms with Gasteiger partial charge in [-0.15, -0.1) is 0 Å². The molecule has 1 aliphatic heterocycles. The van der Waals surface area contributed by atoms with Crippen molar-refractivity contribution in [2.24, 2.45) is 0 Å². The molecule has 3 rings (SSSR count). The molecule has 0 saturated heterocycles. The molecule has 1 heterocycles. The molecule has 4 nitrogen and oxygen atoms in total. The predicted molar refractivity (Wildman–Crippen MR) is 80.3 cm³/mol. The van der Waals surface area contributed by atoms with Gasteiger partial charge in [-0.1, -0.05) is 12.8 Å². The highest BCUT2D eigenvalue weighted by atomic mass is 79.9. The van der Waals surface area contributed by atoms with Crippen LogP contribution in [0, 0.1) is 0 Å². The van der Waals surface area contributed by atoms with Crippen molar-refractivity contribution in [3.8, 4) is 11.5 Å². The molecule has 1 saturated carbocycles. The molecule has 0 amide bonds.